The topological polar surface area (TPSA) is 67.9 Å². The molecule has 0 saturated heterocycles. The third kappa shape index (κ3) is 4.06. The van der Waals surface area contributed by atoms with Crippen LogP contribution in [-0.4, -0.2) is 44.0 Å². The van der Waals surface area contributed by atoms with Gasteiger partial charge in [-0.05, 0) is 25.7 Å². The second kappa shape index (κ2) is 8.62. The van der Waals surface area contributed by atoms with Gasteiger partial charge in [-0.1, -0.05) is 25.4 Å². The molecule has 1 aromatic carbocycles. The van der Waals surface area contributed by atoms with Gasteiger partial charge in [0.1, 0.15) is 16.9 Å². The van der Waals surface area contributed by atoms with Crippen molar-refractivity contribution in [2.24, 2.45) is 5.41 Å². The smallest absolute Gasteiger partial charge is 0.240 e. The van der Waals surface area contributed by atoms with Crippen LogP contribution in [0.15, 0.2) is 12.1 Å². The molecular formula is C19H27ClN2O4. The van der Waals surface area contributed by atoms with Gasteiger partial charge in [0, 0.05) is 25.2 Å². The molecule has 6 nitrogen and oxygen atoms in total. The van der Waals surface area contributed by atoms with Crippen molar-refractivity contribution in [3.05, 3.63) is 17.2 Å². The number of methoxy groups -OCH3 is 2. The molecule has 144 valence electrons. The van der Waals surface area contributed by atoms with E-state index in [1.54, 1.807) is 17.0 Å². The van der Waals surface area contributed by atoms with Crippen LogP contribution in [0.4, 0.5) is 5.69 Å². The number of hydrogen-bond acceptors (Lipinski definition) is 4. The molecule has 26 heavy (non-hydrogen) atoms. The van der Waals surface area contributed by atoms with Gasteiger partial charge >= 0.3 is 0 Å². The lowest BCUT2D eigenvalue weighted by Crippen LogP contribution is -2.43. The molecule has 2 amide bonds. The number of carbonyl (C=O) groups excluding carboxylic acids is 2. The van der Waals surface area contributed by atoms with E-state index < -0.39 is 5.41 Å². The molecule has 7 heteroatoms. The Labute approximate surface area is 159 Å². The number of hydrogen-bond donors (Lipinski definition) is 1. The molecule has 0 atom stereocenters. The summed E-state index contributed by atoms with van der Waals surface area (Å²) in [6, 6.07) is 3.19. The third-order valence-corrected chi connectivity index (χ3v) is 4.89. The Balaban J connectivity index is 2.22. The number of amides is 2. The number of nitrogens with one attached hydrogen (secondary N) is 1. The molecule has 0 unspecified atom stereocenters. The van der Waals surface area contributed by atoms with Gasteiger partial charge in [-0.3, -0.25) is 9.59 Å². The summed E-state index contributed by atoms with van der Waals surface area (Å²) >= 11 is 6.10. The fourth-order valence-corrected chi connectivity index (χ4v) is 3.25. The van der Waals surface area contributed by atoms with Crippen LogP contribution < -0.4 is 14.8 Å². The van der Waals surface area contributed by atoms with E-state index in [1.165, 1.54) is 14.2 Å². The largest absolute Gasteiger partial charge is 0.495 e. The van der Waals surface area contributed by atoms with E-state index in [2.05, 4.69) is 5.32 Å². The predicted molar refractivity (Wildman–Crippen MR) is 102 cm³/mol. The highest BCUT2D eigenvalue weighted by Crippen LogP contribution is 2.49. The van der Waals surface area contributed by atoms with Gasteiger partial charge < -0.3 is 19.7 Å². The Hall–Kier alpha value is -1.95. The maximum Gasteiger partial charge on any atom is 0.240 e. The number of nitrogens with zero attached hydrogens (tertiary/aromatic N) is 1. The predicted octanol–water partition coefficient (Wildman–Crippen LogP) is 3.72. The molecule has 0 radical (unpaired) electrons. The number of ether oxygens (including phenoxy) is 2. The van der Waals surface area contributed by atoms with Gasteiger partial charge in [0.2, 0.25) is 11.8 Å². The van der Waals surface area contributed by atoms with Crippen LogP contribution in [0, 0.1) is 5.41 Å². The molecular weight excluding hydrogens is 356 g/mol. The van der Waals surface area contributed by atoms with Gasteiger partial charge in [0.05, 0.1) is 24.9 Å². The van der Waals surface area contributed by atoms with Crippen molar-refractivity contribution in [3.63, 3.8) is 0 Å². The number of carbonyl (C=O) groups is 2. The molecule has 1 N–H and O–H groups in total. The minimum atomic E-state index is -0.970. The first-order valence-corrected chi connectivity index (χ1v) is 9.33. The molecule has 1 aliphatic rings. The second-order valence-corrected chi connectivity index (χ2v) is 6.92. The Morgan fingerprint density at radius 3 is 2.15 bits per heavy atom. The summed E-state index contributed by atoms with van der Waals surface area (Å²) in [7, 11) is 2.99. The van der Waals surface area contributed by atoms with E-state index in [0.717, 1.165) is 12.8 Å². The van der Waals surface area contributed by atoms with E-state index in [0.29, 0.717) is 48.1 Å². The highest BCUT2D eigenvalue weighted by molar-refractivity contribution is 6.32. The summed E-state index contributed by atoms with van der Waals surface area (Å²) in [4.78, 5) is 27.7. The summed E-state index contributed by atoms with van der Waals surface area (Å²) in [6.45, 7) is 5.39. The van der Waals surface area contributed by atoms with Crippen molar-refractivity contribution in [2.45, 2.75) is 39.5 Å². The highest BCUT2D eigenvalue weighted by atomic mass is 35.5. The molecule has 1 saturated carbocycles. The zero-order valence-corrected chi connectivity index (χ0v) is 16.6. The van der Waals surface area contributed by atoms with Gasteiger partial charge in [-0.25, -0.2) is 0 Å². The van der Waals surface area contributed by atoms with Gasteiger partial charge in [-0.15, -0.1) is 0 Å². The monoisotopic (exact) mass is 382 g/mol. The molecule has 1 aromatic rings. The van der Waals surface area contributed by atoms with E-state index in [1.807, 2.05) is 13.8 Å². The van der Waals surface area contributed by atoms with Crippen LogP contribution in [0.25, 0.3) is 0 Å². The lowest BCUT2D eigenvalue weighted by atomic mass is 10.0. The van der Waals surface area contributed by atoms with Crippen molar-refractivity contribution in [1.82, 2.24) is 4.90 Å². The highest BCUT2D eigenvalue weighted by Gasteiger charge is 2.58. The Kier molecular flexibility index (Phi) is 6.75. The summed E-state index contributed by atoms with van der Waals surface area (Å²) in [6.07, 6.45) is 2.86. The average molecular weight is 383 g/mol. The molecule has 0 bridgehead atoms. The number of rotatable bonds is 9. The minimum Gasteiger partial charge on any atom is -0.495 e. The first-order valence-electron chi connectivity index (χ1n) is 8.95. The first-order chi connectivity index (χ1) is 12.4. The number of benzene rings is 1. The fourth-order valence-electron chi connectivity index (χ4n) is 3.02. The van der Waals surface area contributed by atoms with Crippen molar-refractivity contribution in [2.75, 3.05) is 32.6 Å². The van der Waals surface area contributed by atoms with Crippen LogP contribution in [0.5, 0.6) is 11.5 Å². The van der Waals surface area contributed by atoms with Crippen LogP contribution in [0.2, 0.25) is 5.02 Å². The normalized spacial score (nSPS) is 14.5. The van der Waals surface area contributed by atoms with Gasteiger partial charge in [0.25, 0.3) is 0 Å². The average Bonchev–Trinajstić information content (AvgIpc) is 3.44. The molecule has 1 aliphatic carbocycles. The Morgan fingerprint density at radius 1 is 1.12 bits per heavy atom. The first kappa shape index (κ1) is 20.4. The minimum absolute atomic E-state index is 0.0846. The fraction of sp³-hybridized carbons (Fsp3) is 0.579. The van der Waals surface area contributed by atoms with Crippen molar-refractivity contribution in [3.8, 4) is 11.5 Å². The Morgan fingerprint density at radius 2 is 1.69 bits per heavy atom. The van der Waals surface area contributed by atoms with E-state index in [4.69, 9.17) is 21.1 Å². The van der Waals surface area contributed by atoms with Crippen LogP contribution in [0.1, 0.15) is 39.5 Å². The van der Waals surface area contributed by atoms with Crippen LogP contribution in [0.3, 0.4) is 0 Å². The van der Waals surface area contributed by atoms with Crippen molar-refractivity contribution in [1.29, 1.82) is 0 Å². The summed E-state index contributed by atoms with van der Waals surface area (Å²) in [5.41, 5.74) is -0.530. The van der Waals surface area contributed by atoms with Crippen LogP contribution >= 0.6 is 11.6 Å². The van der Waals surface area contributed by atoms with E-state index in [9.17, 15) is 9.59 Å². The number of halogens is 1. The van der Waals surface area contributed by atoms with Gasteiger partial charge in [-0.2, -0.15) is 0 Å². The molecule has 2 rings (SSSR count). The molecule has 0 aromatic heterocycles. The Bertz CT molecular complexity index is 668. The van der Waals surface area contributed by atoms with Gasteiger partial charge in [0.15, 0.2) is 0 Å². The van der Waals surface area contributed by atoms with E-state index in [-0.39, 0.29) is 11.8 Å². The van der Waals surface area contributed by atoms with E-state index >= 15 is 0 Å². The standard InChI is InChI=1S/C19H27ClN2O4/c1-5-9-22(10-6-2)18(24)19(7-8-19)17(23)21-14-12-15(25-3)13(20)11-16(14)26-4/h11-12H,5-10H2,1-4H3,(H,21,23). The number of anilines is 1. The third-order valence-electron chi connectivity index (χ3n) is 4.59. The molecule has 0 heterocycles. The molecule has 0 aliphatic heterocycles. The molecule has 1 fully saturated rings. The lowest BCUT2D eigenvalue weighted by Gasteiger charge is -2.26. The summed E-state index contributed by atoms with van der Waals surface area (Å²) < 4.78 is 10.5. The SMILES string of the molecule is CCCN(CCC)C(=O)C1(C(=O)Nc2cc(OC)c(Cl)cc2OC)CC1. The maximum absolute atomic E-state index is 13.0. The zero-order valence-electron chi connectivity index (χ0n) is 15.9. The zero-order chi connectivity index (χ0) is 19.3. The maximum atomic E-state index is 13.0. The second-order valence-electron chi connectivity index (χ2n) is 6.52. The summed E-state index contributed by atoms with van der Waals surface area (Å²) in [5, 5.41) is 3.22. The van der Waals surface area contributed by atoms with Crippen molar-refractivity contribution < 1.29 is 19.1 Å². The quantitative estimate of drug-likeness (QED) is 0.661. The lowest BCUT2D eigenvalue weighted by molar-refractivity contribution is -0.142. The summed E-state index contributed by atoms with van der Waals surface area (Å²) in [5.74, 6) is 0.463. The van der Waals surface area contributed by atoms with Crippen LogP contribution in [-0.2, 0) is 9.59 Å². The van der Waals surface area contributed by atoms with Crippen molar-refractivity contribution >= 4 is 29.1 Å². The molecule has 0 spiro atoms.